The molecule has 0 aromatic carbocycles. The van der Waals surface area contributed by atoms with Gasteiger partial charge in [0.1, 0.15) is 0 Å². The molecule has 0 aliphatic carbocycles. The molecule has 128 valence electrons. The number of rotatable bonds is 3. The molecule has 0 fully saturated rings. The number of ether oxygens (including phenoxy) is 1. The molecule has 4 rings (SSSR count). The summed E-state index contributed by atoms with van der Waals surface area (Å²) >= 11 is 2.98. The third-order valence-electron chi connectivity index (χ3n) is 3.74. The van der Waals surface area contributed by atoms with E-state index in [2.05, 4.69) is 21.0 Å². The minimum atomic E-state index is -0.475. The van der Waals surface area contributed by atoms with Crippen molar-refractivity contribution in [3.05, 3.63) is 50.7 Å². The molecule has 0 spiro atoms. The second kappa shape index (κ2) is 6.79. The van der Waals surface area contributed by atoms with Crippen molar-refractivity contribution in [2.24, 2.45) is 0 Å². The van der Waals surface area contributed by atoms with Crippen LogP contribution in [0.1, 0.15) is 30.6 Å². The number of carbonyl (C=O) groups excluding carboxylic acids is 2. The van der Waals surface area contributed by atoms with Gasteiger partial charge in [-0.1, -0.05) is 6.07 Å². The molecule has 3 aromatic rings. The van der Waals surface area contributed by atoms with Gasteiger partial charge in [0.15, 0.2) is 5.69 Å². The highest BCUT2D eigenvalue weighted by Crippen LogP contribution is 2.26. The number of hydrogen-bond acceptors (Lipinski definition) is 6. The van der Waals surface area contributed by atoms with Crippen LogP contribution in [0.3, 0.4) is 0 Å². The van der Waals surface area contributed by atoms with Crippen molar-refractivity contribution in [3.8, 4) is 10.6 Å². The minimum absolute atomic E-state index is 0.211. The van der Waals surface area contributed by atoms with Crippen LogP contribution in [0, 0.1) is 0 Å². The van der Waals surface area contributed by atoms with Crippen molar-refractivity contribution < 1.29 is 14.3 Å². The normalized spacial score (nSPS) is 13.3. The van der Waals surface area contributed by atoms with Gasteiger partial charge in [-0.3, -0.25) is 25.5 Å². The Labute approximate surface area is 151 Å². The zero-order valence-corrected chi connectivity index (χ0v) is 14.6. The summed E-state index contributed by atoms with van der Waals surface area (Å²) in [4.78, 5) is 27.0. The highest BCUT2D eigenvalue weighted by atomic mass is 32.1. The van der Waals surface area contributed by atoms with E-state index in [0.717, 1.165) is 27.4 Å². The maximum absolute atomic E-state index is 12.2. The first kappa shape index (κ1) is 16.0. The minimum Gasteiger partial charge on any atom is -0.376 e. The predicted molar refractivity (Wildman–Crippen MR) is 94.5 cm³/mol. The molecular formula is C16H14N4O3S2. The van der Waals surface area contributed by atoms with Gasteiger partial charge in [-0.25, -0.2) is 0 Å². The molecule has 25 heavy (non-hydrogen) atoms. The van der Waals surface area contributed by atoms with Crippen LogP contribution in [0.15, 0.2) is 29.6 Å². The zero-order valence-electron chi connectivity index (χ0n) is 13.0. The molecule has 0 bridgehead atoms. The van der Waals surface area contributed by atoms with Crippen LogP contribution in [0.4, 0.5) is 0 Å². The number of carbonyl (C=O) groups is 2. The first-order valence-electron chi connectivity index (χ1n) is 7.60. The lowest BCUT2D eigenvalue weighted by molar-refractivity contribution is 0.0846. The number of fused-ring (bicyclic) bond motifs is 1. The molecule has 0 atom stereocenters. The monoisotopic (exact) mass is 374 g/mol. The van der Waals surface area contributed by atoms with Crippen LogP contribution >= 0.6 is 22.7 Å². The molecule has 3 N–H and O–H groups in total. The SMILES string of the molecule is O=C(NNC(=O)c1cc2c(s1)CCOC2)c1cc(-c2cccs2)[nH]n1. The summed E-state index contributed by atoms with van der Waals surface area (Å²) in [5, 5.41) is 8.74. The van der Waals surface area contributed by atoms with E-state index >= 15 is 0 Å². The van der Waals surface area contributed by atoms with E-state index in [1.165, 1.54) is 11.3 Å². The van der Waals surface area contributed by atoms with Gasteiger partial charge in [0.05, 0.1) is 28.7 Å². The number of nitrogens with zero attached hydrogens (tertiary/aromatic N) is 1. The Kier molecular flexibility index (Phi) is 4.35. The number of H-pyrrole nitrogens is 1. The molecule has 2 amide bonds. The number of aromatic nitrogens is 2. The fourth-order valence-electron chi connectivity index (χ4n) is 2.49. The van der Waals surface area contributed by atoms with Gasteiger partial charge in [0, 0.05) is 11.3 Å². The Hall–Kier alpha value is -2.49. The lowest BCUT2D eigenvalue weighted by Gasteiger charge is -2.10. The fraction of sp³-hybridized carbons (Fsp3) is 0.188. The Balaban J connectivity index is 1.38. The lowest BCUT2D eigenvalue weighted by Crippen LogP contribution is -2.41. The summed E-state index contributed by atoms with van der Waals surface area (Å²) in [6, 6.07) is 7.31. The van der Waals surface area contributed by atoms with Crippen molar-refractivity contribution >= 4 is 34.5 Å². The van der Waals surface area contributed by atoms with Gasteiger partial charge in [-0.05, 0) is 29.1 Å². The van der Waals surface area contributed by atoms with Gasteiger partial charge >= 0.3 is 0 Å². The topological polar surface area (TPSA) is 96.1 Å². The third-order valence-corrected chi connectivity index (χ3v) is 5.88. The molecular weight excluding hydrogens is 360 g/mol. The van der Waals surface area contributed by atoms with Crippen molar-refractivity contribution in [1.82, 2.24) is 21.0 Å². The number of nitrogens with one attached hydrogen (secondary N) is 3. The molecule has 4 heterocycles. The quantitative estimate of drug-likeness (QED) is 0.613. The Morgan fingerprint density at radius 3 is 2.92 bits per heavy atom. The zero-order chi connectivity index (χ0) is 17.2. The van der Waals surface area contributed by atoms with Crippen LogP contribution in [0.25, 0.3) is 10.6 Å². The van der Waals surface area contributed by atoms with Crippen molar-refractivity contribution in [2.75, 3.05) is 6.61 Å². The van der Waals surface area contributed by atoms with E-state index < -0.39 is 5.91 Å². The van der Waals surface area contributed by atoms with E-state index in [4.69, 9.17) is 4.74 Å². The number of amides is 2. The fourth-order valence-corrected chi connectivity index (χ4v) is 4.23. The molecule has 0 saturated heterocycles. The molecule has 1 aliphatic rings. The van der Waals surface area contributed by atoms with Crippen LogP contribution in [-0.2, 0) is 17.8 Å². The average Bonchev–Trinajstić information content (AvgIpc) is 3.38. The summed E-state index contributed by atoms with van der Waals surface area (Å²) in [5.41, 5.74) is 6.84. The maximum atomic E-state index is 12.2. The number of aromatic amines is 1. The van der Waals surface area contributed by atoms with Crippen LogP contribution in [-0.4, -0.2) is 28.6 Å². The van der Waals surface area contributed by atoms with Crippen molar-refractivity contribution in [2.45, 2.75) is 13.0 Å². The van der Waals surface area contributed by atoms with E-state index in [9.17, 15) is 9.59 Å². The first-order valence-corrected chi connectivity index (χ1v) is 9.29. The van der Waals surface area contributed by atoms with Crippen molar-refractivity contribution in [1.29, 1.82) is 0 Å². The van der Waals surface area contributed by atoms with Crippen LogP contribution in [0.5, 0.6) is 0 Å². The summed E-state index contributed by atoms with van der Waals surface area (Å²) < 4.78 is 5.37. The van der Waals surface area contributed by atoms with Gasteiger partial charge in [-0.2, -0.15) is 5.10 Å². The number of hydrogen-bond donors (Lipinski definition) is 3. The van der Waals surface area contributed by atoms with Gasteiger partial charge < -0.3 is 4.74 Å². The second-order valence-corrected chi connectivity index (χ2v) is 7.50. The van der Waals surface area contributed by atoms with Crippen LogP contribution in [0.2, 0.25) is 0 Å². The predicted octanol–water partition coefficient (Wildman–Crippen LogP) is 2.35. The molecule has 0 unspecified atom stereocenters. The lowest BCUT2D eigenvalue weighted by atomic mass is 10.2. The van der Waals surface area contributed by atoms with Crippen molar-refractivity contribution in [3.63, 3.8) is 0 Å². The number of hydrazine groups is 1. The third kappa shape index (κ3) is 3.34. The van der Waals surface area contributed by atoms with E-state index in [1.807, 2.05) is 23.6 Å². The summed E-state index contributed by atoms with van der Waals surface area (Å²) in [5.74, 6) is -0.821. The summed E-state index contributed by atoms with van der Waals surface area (Å²) in [7, 11) is 0. The van der Waals surface area contributed by atoms with Gasteiger partial charge in [-0.15, -0.1) is 22.7 Å². The first-order chi connectivity index (χ1) is 12.2. The highest BCUT2D eigenvalue weighted by Gasteiger charge is 2.18. The van der Waals surface area contributed by atoms with E-state index in [0.29, 0.717) is 18.1 Å². The van der Waals surface area contributed by atoms with Gasteiger partial charge in [0.2, 0.25) is 0 Å². The van der Waals surface area contributed by atoms with Gasteiger partial charge in [0.25, 0.3) is 11.8 Å². The molecule has 7 nitrogen and oxygen atoms in total. The van der Waals surface area contributed by atoms with E-state index in [-0.39, 0.29) is 11.6 Å². The smallest absolute Gasteiger partial charge is 0.290 e. The molecule has 0 saturated carbocycles. The highest BCUT2D eigenvalue weighted by molar-refractivity contribution is 7.14. The van der Waals surface area contributed by atoms with E-state index in [1.54, 1.807) is 17.4 Å². The molecule has 1 aliphatic heterocycles. The number of thiophene rings is 2. The standard InChI is InChI=1S/C16H14N4O3S2/c21-15(11-7-10(17-18-11)13-2-1-5-24-13)19-20-16(22)14-6-9-8-23-4-3-12(9)25-14/h1-2,5-7H,3-4,8H2,(H,17,18)(H,19,21)(H,20,22). The Morgan fingerprint density at radius 1 is 1.24 bits per heavy atom. The molecule has 9 heteroatoms. The van der Waals surface area contributed by atoms with Crippen LogP contribution < -0.4 is 10.9 Å². The largest absolute Gasteiger partial charge is 0.376 e. The maximum Gasteiger partial charge on any atom is 0.290 e. The average molecular weight is 374 g/mol. The molecule has 0 radical (unpaired) electrons. The summed E-state index contributed by atoms with van der Waals surface area (Å²) in [6.07, 6.45) is 0.818. The molecule has 3 aromatic heterocycles. The second-order valence-electron chi connectivity index (χ2n) is 5.41. The summed E-state index contributed by atoms with van der Waals surface area (Å²) in [6.45, 7) is 1.21. The Morgan fingerprint density at radius 2 is 2.12 bits per heavy atom. The Bertz CT molecular complexity index is 890.